The SMILES string of the molecule is NOCC(O)c1cccc(Br)c1. The van der Waals surface area contributed by atoms with Crippen molar-refractivity contribution in [3.05, 3.63) is 34.3 Å². The average Bonchev–Trinajstić information content (AvgIpc) is 2.05. The monoisotopic (exact) mass is 231 g/mol. The van der Waals surface area contributed by atoms with Crippen LogP contribution in [0, 0.1) is 0 Å². The van der Waals surface area contributed by atoms with Crippen LogP contribution in [-0.4, -0.2) is 11.7 Å². The third kappa shape index (κ3) is 2.57. The molecular formula is C8H10BrNO2. The second kappa shape index (κ2) is 4.57. The lowest BCUT2D eigenvalue weighted by Crippen LogP contribution is -2.10. The van der Waals surface area contributed by atoms with E-state index >= 15 is 0 Å². The molecule has 0 bridgehead atoms. The number of benzene rings is 1. The molecule has 1 rings (SSSR count). The van der Waals surface area contributed by atoms with E-state index in [1.807, 2.05) is 24.3 Å². The van der Waals surface area contributed by atoms with Crippen molar-refractivity contribution in [3.8, 4) is 0 Å². The van der Waals surface area contributed by atoms with E-state index in [1.54, 1.807) is 0 Å². The van der Waals surface area contributed by atoms with Crippen LogP contribution >= 0.6 is 15.9 Å². The Balaban J connectivity index is 2.73. The predicted molar refractivity (Wildman–Crippen MR) is 49.2 cm³/mol. The van der Waals surface area contributed by atoms with E-state index < -0.39 is 6.10 Å². The third-order valence-corrected chi connectivity index (χ3v) is 1.98. The van der Waals surface area contributed by atoms with Crippen LogP contribution in [0.4, 0.5) is 0 Å². The van der Waals surface area contributed by atoms with Crippen molar-refractivity contribution in [3.63, 3.8) is 0 Å². The summed E-state index contributed by atoms with van der Waals surface area (Å²) in [6.07, 6.45) is -0.660. The molecule has 3 nitrogen and oxygen atoms in total. The Morgan fingerprint density at radius 2 is 2.33 bits per heavy atom. The third-order valence-electron chi connectivity index (χ3n) is 1.49. The Labute approximate surface area is 79.2 Å². The molecule has 0 heterocycles. The highest BCUT2D eigenvalue weighted by Gasteiger charge is 2.06. The molecule has 0 aliphatic rings. The summed E-state index contributed by atoms with van der Waals surface area (Å²) in [6, 6.07) is 7.37. The number of aliphatic hydroxyl groups excluding tert-OH is 1. The maximum atomic E-state index is 9.42. The topological polar surface area (TPSA) is 55.5 Å². The van der Waals surface area contributed by atoms with Gasteiger partial charge in [-0.2, -0.15) is 0 Å². The first kappa shape index (κ1) is 9.67. The molecule has 0 radical (unpaired) electrons. The molecule has 12 heavy (non-hydrogen) atoms. The van der Waals surface area contributed by atoms with Crippen LogP contribution in [0.15, 0.2) is 28.7 Å². The number of hydrogen-bond acceptors (Lipinski definition) is 3. The van der Waals surface area contributed by atoms with Crippen molar-refractivity contribution in [2.75, 3.05) is 6.61 Å². The van der Waals surface area contributed by atoms with Gasteiger partial charge >= 0.3 is 0 Å². The minimum atomic E-state index is -0.660. The molecule has 1 atom stereocenters. The largest absolute Gasteiger partial charge is 0.386 e. The highest BCUT2D eigenvalue weighted by Crippen LogP contribution is 2.17. The lowest BCUT2D eigenvalue weighted by molar-refractivity contribution is 0.0359. The van der Waals surface area contributed by atoms with Crippen LogP contribution in [-0.2, 0) is 4.84 Å². The molecule has 1 aromatic rings. The normalized spacial score (nSPS) is 12.9. The zero-order chi connectivity index (χ0) is 8.97. The van der Waals surface area contributed by atoms with E-state index in [0.717, 1.165) is 10.0 Å². The minimum absolute atomic E-state index is 0.108. The first-order chi connectivity index (χ1) is 5.74. The van der Waals surface area contributed by atoms with Crippen molar-refractivity contribution < 1.29 is 9.94 Å². The van der Waals surface area contributed by atoms with E-state index in [9.17, 15) is 5.11 Å². The van der Waals surface area contributed by atoms with Crippen LogP contribution < -0.4 is 5.90 Å². The minimum Gasteiger partial charge on any atom is -0.386 e. The van der Waals surface area contributed by atoms with Gasteiger partial charge in [-0.1, -0.05) is 28.1 Å². The Morgan fingerprint density at radius 1 is 1.58 bits per heavy atom. The predicted octanol–water partition coefficient (Wildman–Crippen LogP) is 1.37. The number of hydrogen-bond donors (Lipinski definition) is 2. The van der Waals surface area contributed by atoms with E-state index in [2.05, 4.69) is 20.8 Å². The van der Waals surface area contributed by atoms with Crippen molar-refractivity contribution in [2.45, 2.75) is 6.10 Å². The fraction of sp³-hybridized carbons (Fsp3) is 0.250. The molecule has 3 N–H and O–H groups in total. The van der Waals surface area contributed by atoms with Crippen LogP contribution in [0.25, 0.3) is 0 Å². The Bertz CT molecular complexity index is 255. The number of rotatable bonds is 3. The molecular weight excluding hydrogens is 222 g/mol. The molecule has 0 fully saturated rings. The van der Waals surface area contributed by atoms with E-state index in [1.165, 1.54) is 0 Å². The molecule has 0 saturated carbocycles. The van der Waals surface area contributed by atoms with Gasteiger partial charge in [0.15, 0.2) is 0 Å². The summed E-state index contributed by atoms with van der Waals surface area (Å²) in [7, 11) is 0. The van der Waals surface area contributed by atoms with E-state index in [-0.39, 0.29) is 6.61 Å². The Hall–Kier alpha value is -0.420. The van der Waals surface area contributed by atoms with Gasteiger partial charge in [0.25, 0.3) is 0 Å². The standard InChI is InChI=1S/C8H10BrNO2/c9-7-3-1-2-6(4-7)8(11)5-12-10/h1-4,8,11H,5,10H2. The van der Waals surface area contributed by atoms with Crippen LogP contribution in [0.5, 0.6) is 0 Å². The number of nitrogens with two attached hydrogens (primary N) is 1. The maximum Gasteiger partial charge on any atom is 0.104 e. The molecule has 0 aromatic heterocycles. The molecule has 0 amide bonds. The summed E-state index contributed by atoms with van der Waals surface area (Å²) < 4.78 is 0.927. The van der Waals surface area contributed by atoms with Gasteiger partial charge in [0.05, 0.1) is 6.61 Å². The molecule has 1 unspecified atom stereocenters. The van der Waals surface area contributed by atoms with Gasteiger partial charge in [0, 0.05) is 4.47 Å². The van der Waals surface area contributed by atoms with Gasteiger partial charge in [-0.3, -0.25) is 0 Å². The summed E-state index contributed by atoms with van der Waals surface area (Å²) in [5, 5.41) is 9.42. The summed E-state index contributed by atoms with van der Waals surface area (Å²) >= 11 is 3.30. The molecule has 0 aliphatic heterocycles. The summed E-state index contributed by atoms with van der Waals surface area (Å²) in [5.41, 5.74) is 0.787. The maximum absolute atomic E-state index is 9.42. The quantitative estimate of drug-likeness (QED) is 0.774. The molecule has 0 saturated heterocycles. The lowest BCUT2D eigenvalue weighted by atomic mass is 10.1. The van der Waals surface area contributed by atoms with Crippen molar-refractivity contribution in [1.82, 2.24) is 0 Å². The molecule has 0 aliphatic carbocycles. The molecule has 4 heteroatoms. The lowest BCUT2D eigenvalue weighted by Gasteiger charge is -2.08. The Kier molecular flexibility index (Phi) is 3.68. The average molecular weight is 232 g/mol. The molecule has 66 valence electrons. The highest BCUT2D eigenvalue weighted by atomic mass is 79.9. The van der Waals surface area contributed by atoms with Gasteiger partial charge in [-0.15, -0.1) is 0 Å². The zero-order valence-electron chi connectivity index (χ0n) is 6.40. The fourth-order valence-electron chi connectivity index (χ4n) is 0.901. The molecule has 0 spiro atoms. The smallest absolute Gasteiger partial charge is 0.104 e. The first-order valence-electron chi connectivity index (χ1n) is 3.49. The number of aliphatic hydroxyl groups is 1. The van der Waals surface area contributed by atoms with Crippen LogP contribution in [0.2, 0.25) is 0 Å². The van der Waals surface area contributed by atoms with Crippen molar-refractivity contribution in [1.29, 1.82) is 0 Å². The van der Waals surface area contributed by atoms with E-state index in [4.69, 9.17) is 5.90 Å². The summed E-state index contributed by atoms with van der Waals surface area (Å²) in [4.78, 5) is 4.33. The zero-order valence-corrected chi connectivity index (χ0v) is 7.99. The van der Waals surface area contributed by atoms with Gasteiger partial charge in [-0.05, 0) is 17.7 Å². The van der Waals surface area contributed by atoms with Crippen LogP contribution in [0.3, 0.4) is 0 Å². The van der Waals surface area contributed by atoms with Crippen molar-refractivity contribution in [2.24, 2.45) is 5.90 Å². The second-order valence-corrected chi connectivity index (χ2v) is 3.32. The van der Waals surface area contributed by atoms with Gasteiger partial charge in [-0.25, -0.2) is 5.90 Å². The summed E-state index contributed by atoms with van der Waals surface area (Å²) in [6.45, 7) is 0.108. The van der Waals surface area contributed by atoms with Gasteiger partial charge < -0.3 is 9.94 Å². The second-order valence-electron chi connectivity index (χ2n) is 2.40. The molecule has 1 aromatic carbocycles. The van der Waals surface area contributed by atoms with E-state index in [0.29, 0.717) is 0 Å². The highest BCUT2D eigenvalue weighted by molar-refractivity contribution is 9.10. The first-order valence-corrected chi connectivity index (χ1v) is 4.28. The van der Waals surface area contributed by atoms with Crippen molar-refractivity contribution >= 4 is 15.9 Å². The van der Waals surface area contributed by atoms with Gasteiger partial charge in [0.2, 0.25) is 0 Å². The van der Waals surface area contributed by atoms with Crippen LogP contribution in [0.1, 0.15) is 11.7 Å². The summed E-state index contributed by atoms with van der Waals surface area (Å²) in [5.74, 6) is 4.83. The fourth-order valence-corrected chi connectivity index (χ4v) is 1.32. The van der Waals surface area contributed by atoms with Gasteiger partial charge in [0.1, 0.15) is 6.10 Å². The Morgan fingerprint density at radius 3 is 2.92 bits per heavy atom. The number of halogens is 1.